The molecule has 1 fully saturated rings. The fourth-order valence-corrected chi connectivity index (χ4v) is 5.47. The molecule has 6 heteroatoms. The number of amides is 1. The van der Waals surface area contributed by atoms with Gasteiger partial charge in [0, 0.05) is 54.6 Å². The van der Waals surface area contributed by atoms with Crippen LogP contribution >= 0.6 is 11.3 Å². The van der Waals surface area contributed by atoms with Crippen LogP contribution in [0.3, 0.4) is 0 Å². The van der Waals surface area contributed by atoms with Gasteiger partial charge in [0.1, 0.15) is 11.9 Å². The van der Waals surface area contributed by atoms with Gasteiger partial charge in [-0.3, -0.25) is 9.69 Å². The Labute approximate surface area is 207 Å². The first kappa shape index (κ1) is 24.5. The molecule has 34 heavy (non-hydrogen) atoms. The molecule has 1 aromatic heterocycles. The average molecular weight is 478 g/mol. The van der Waals surface area contributed by atoms with Crippen molar-refractivity contribution >= 4 is 22.9 Å². The van der Waals surface area contributed by atoms with Crippen molar-refractivity contribution in [1.82, 2.24) is 4.90 Å². The summed E-state index contributed by atoms with van der Waals surface area (Å²) in [5, 5.41) is 2.08. The predicted octanol–water partition coefficient (Wildman–Crippen LogP) is 5.62. The molecular formula is C28H35N3O2S. The molecule has 1 atom stereocenters. The Balaban J connectivity index is 1.41. The molecule has 0 spiro atoms. The number of ether oxygens (including phenoxy) is 1. The van der Waals surface area contributed by atoms with E-state index in [4.69, 9.17) is 10.5 Å². The number of anilines is 1. The summed E-state index contributed by atoms with van der Waals surface area (Å²) >= 11 is 1.71. The van der Waals surface area contributed by atoms with Gasteiger partial charge in [0.15, 0.2) is 0 Å². The molecule has 2 aromatic carbocycles. The summed E-state index contributed by atoms with van der Waals surface area (Å²) in [6.07, 6.45) is 3.23. The summed E-state index contributed by atoms with van der Waals surface area (Å²) in [4.78, 5) is 18.5. The fraction of sp³-hybridized carbons (Fsp3) is 0.393. The van der Waals surface area contributed by atoms with E-state index in [2.05, 4.69) is 40.6 Å². The van der Waals surface area contributed by atoms with Crippen molar-refractivity contribution in [3.63, 3.8) is 0 Å². The van der Waals surface area contributed by atoms with Crippen LogP contribution < -0.4 is 15.4 Å². The Bertz CT molecular complexity index is 1020. The van der Waals surface area contributed by atoms with Crippen molar-refractivity contribution in [3.05, 3.63) is 82.6 Å². The van der Waals surface area contributed by atoms with Gasteiger partial charge in [-0.15, -0.1) is 11.3 Å². The highest BCUT2D eigenvalue weighted by Gasteiger charge is 2.28. The zero-order valence-electron chi connectivity index (χ0n) is 19.9. The van der Waals surface area contributed by atoms with Crippen molar-refractivity contribution in [3.8, 4) is 5.75 Å². The molecule has 5 nitrogen and oxygen atoms in total. The molecule has 0 saturated carbocycles. The Morgan fingerprint density at radius 3 is 2.50 bits per heavy atom. The number of nitrogens with zero attached hydrogens (tertiary/aromatic N) is 2. The van der Waals surface area contributed by atoms with Crippen LogP contribution in [-0.2, 0) is 11.3 Å². The number of benzene rings is 2. The van der Waals surface area contributed by atoms with Gasteiger partial charge in [-0.2, -0.15) is 0 Å². The summed E-state index contributed by atoms with van der Waals surface area (Å²) in [7, 11) is 0. The van der Waals surface area contributed by atoms with E-state index < -0.39 is 0 Å². The number of nitrogens with two attached hydrogens (primary N) is 1. The predicted molar refractivity (Wildman–Crippen MR) is 140 cm³/mol. The Hall–Kier alpha value is -2.67. The molecule has 1 aliphatic rings. The largest absolute Gasteiger partial charge is 0.485 e. The maximum atomic E-state index is 12.8. The van der Waals surface area contributed by atoms with Crippen LogP contribution in [0.2, 0.25) is 0 Å². The van der Waals surface area contributed by atoms with Crippen LogP contribution in [0.1, 0.15) is 49.2 Å². The molecule has 1 aliphatic heterocycles. The molecule has 2 N–H and O–H groups in total. The van der Waals surface area contributed by atoms with Gasteiger partial charge in [-0.05, 0) is 49.0 Å². The Kier molecular flexibility index (Phi) is 8.74. The standard InChI is InChI=1S/C28H35N3O2S/c1-2-28(32)31(23-10-4-3-5-11-23)24-15-18-30(19-16-24)21-22-9-6-7-12-25(22)33-26(14-17-29)27-13-8-20-34-27/h3-13,20,24,26H,2,14-19,21,29H2,1H3. The second-order valence-corrected chi connectivity index (χ2v) is 9.75. The van der Waals surface area contributed by atoms with E-state index in [1.165, 1.54) is 10.4 Å². The van der Waals surface area contributed by atoms with Crippen LogP contribution in [0.15, 0.2) is 72.1 Å². The van der Waals surface area contributed by atoms with Gasteiger partial charge in [0.25, 0.3) is 0 Å². The van der Waals surface area contributed by atoms with E-state index in [0.717, 1.165) is 50.3 Å². The third-order valence-corrected chi connectivity index (χ3v) is 7.42. The molecular weight excluding hydrogens is 442 g/mol. The number of hydrogen-bond donors (Lipinski definition) is 1. The lowest BCUT2D eigenvalue weighted by atomic mass is 10.0. The van der Waals surface area contributed by atoms with Gasteiger partial charge in [-0.1, -0.05) is 49.4 Å². The van der Waals surface area contributed by atoms with Crippen LogP contribution in [0, 0.1) is 0 Å². The van der Waals surface area contributed by atoms with Crippen molar-refractivity contribution < 1.29 is 9.53 Å². The molecule has 0 bridgehead atoms. The quantitative estimate of drug-likeness (QED) is 0.411. The third-order valence-electron chi connectivity index (χ3n) is 6.45. The van der Waals surface area contributed by atoms with E-state index in [-0.39, 0.29) is 18.1 Å². The van der Waals surface area contributed by atoms with E-state index in [0.29, 0.717) is 13.0 Å². The number of rotatable bonds is 10. The lowest BCUT2D eigenvalue weighted by Gasteiger charge is -2.38. The highest BCUT2D eigenvalue weighted by molar-refractivity contribution is 7.10. The number of hydrogen-bond acceptors (Lipinski definition) is 5. The summed E-state index contributed by atoms with van der Waals surface area (Å²) in [6, 6.07) is 22.8. The summed E-state index contributed by atoms with van der Waals surface area (Å²) in [5.74, 6) is 1.13. The Morgan fingerprint density at radius 2 is 1.82 bits per heavy atom. The highest BCUT2D eigenvalue weighted by Crippen LogP contribution is 2.31. The average Bonchev–Trinajstić information content (AvgIpc) is 3.42. The van der Waals surface area contributed by atoms with E-state index >= 15 is 0 Å². The number of thiophene rings is 1. The number of piperidine rings is 1. The molecule has 4 rings (SSSR count). The zero-order valence-corrected chi connectivity index (χ0v) is 20.8. The van der Waals surface area contributed by atoms with Crippen LogP contribution in [-0.4, -0.2) is 36.5 Å². The summed E-state index contributed by atoms with van der Waals surface area (Å²) in [5.41, 5.74) is 8.08. The number of para-hydroxylation sites is 2. The first-order valence-electron chi connectivity index (χ1n) is 12.3. The molecule has 180 valence electrons. The SMILES string of the molecule is CCC(=O)N(c1ccccc1)C1CCN(Cc2ccccc2OC(CCN)c2cccs2)CC1. The molecule has 0 aliphatic carbocycles. The minimum Gasteiger partial charge on any atom is -0.485 e. The van der Waals surface area contributed by atoms with Crippen molar-refractivity contribution in [2.24, 2.45) is 5.73 Å². The van der Waals surface area contributed by atoms with Crippen LogP contribution in [0.4, 0.5) is 5.69 Å². The van der Waals surface area contributed by atoms with Crippen LogP contribution in [0.25, 0.3) is 0 Å². The van der Waals surface area contributed by atoms with Gasteiger partial charge >= 0.3 is 0 Å². The number of carbonyl (C=O) groups is 1. The van der Waals surface area contributed by atoms with E-state index in [1.54, 1.807) is 11.3 Å². The summed E-state index contributed by atoms with van der Waals surface area (Å²) < 4.78 is 6.49. The second-order valence-electron chi connectivity index (χ2n) is 8.77. The van der Waals surface area contributed by atoms with Crippen molar-refractivity contribution in [2.45, 2.75) is 51.3 Å². The first-order valence-corrected chi connectivity index (χ1v) is 13.1. The third kappa shape index (κ3) is 6.06. The van der Waals surface area contributed by atoms with Gasteiger partial charge in [0.2, 0.25) is 5.91 Å². The first-order chi connectivity index (χ1) is 16.7. The minimum atomic E-state index is -0.0172. The van der Waals surface area contributed by atoms with E-state index in [9.17, 15) is 4.79 Å². The van der Waals surface area contributed by atoms with Gasteiger partial charge in [0.05, 0.1) is 0 Å². The normalized spacial score (nSPS) is 15.7. The smallest absolute Gasteiger partial charge is 0.226 e. The topological polar surface area (TPSA) is 58.8 Å². The minimum absolute atomic E-state index is 0.0172. The lowest BCUT2D eigenvalue weighted by Crippen LogP contribution is -2.47. The maximum Gasteiger partial charge on any atom is 0.226 e. The molecule has 1 unspecified atom stereocenters. The van der Waals surface area contributed by atoms with Crippen molar-refractivity contribution in [2.75, 3.05) is 24.5 Å². The zero-order chi connectivity index (χ0) is 23.8. The molecule has 3 aromatic rings. The molecule has 1 saturated heterocycles. The van der Waals surface area contributed by atoms with Crippen molar-refractivity contribution in [1.29, 1.82) is 0 Å². The number of likely N-dealkylation sites (tertiary alicyclic amines) is 1. The highest BCUT2D eigenvalue weighted by atomic mass is 32.1. The van der Waals surface area contributed by atoms with Gasteiger partial charge in [-0.25, -0.2) is 0 Å². The maximum absolute atomic E-state index is 12.8. The van der Waals surface area contributed by atoms with Crippen LogP contribution in [0.5, 0.6) is 5.75 Å². The fourth-order valence-electron chi connectivity index (χ4n) is 4.68. The van der Waals surface area contributed by atoms with Gasteiger partial charge < -0.3 is 15.4 Å². The molecule has 0 radical (unpaired) electrons. The lowest BCUT2D eigenvalue weighted by molar-refractivity contribution is -0.119. The number of carbonyl (C=O) groups excluding carboxylic acids is 1. The van der Waals surface area contributed by atoms with E-state index in [1.807, 2.05) is 48.2 Å². The monoisotopic (exact) mass is 477 g/mol. The summed E-state index contributed by atoms with van der Waals surface area (Å²) in [6.45, 7) is 5.29. The Morgan fingerprint density at radius 1 is 1.09 bits per heavy atom. The molecule has 2 heterocycles. The second kappa shape index (κ2) is 12.2. The molecule has 1 amide bonds.